The molecular weight excluding hydrogens is 310 g/mol. The molecule has 4 rings (SSSR count). The summed E-state index contributed by atoms with van der Waals surface area (Å²) in [7, 11) is 0. The summed E-state index contributed by atoms with van der Waals surface area (Å²) < 4.78 is 2.06. The van der Waals surface area contributed by atoms with Crippen molar-refractivity contribution >= 4 is 23.4 Å². The molecule has 6 nitrogen and oxygen atoms in total. The maximum Gasteiger partial charge on any atom is 0.212 e. The van der Waals surface area contributed by atoms with Crippen LogP contribution in [0.5, 0.6) is 0 Å². The average molecular weight is 329 g/mol. The topological polar surface area (TPSA) is 56.9 Å². The first-order valence-electron chi connectivity index (χ1n) is 7.79. The fourth-order valence-electron chi connectivity index (χ4n) is 2.93. The summed E-state index contributed by atoms with van der Waals surface area (Å²) in [6, 6.07) is 8.17. The summed E-state index contributed by atoms with van der Waals surface area (Å²) in [4.78, 5) is 14.8. The second-order valence-corrected chi connectivity index (χ2v) is 6.73. The number of nitrogens with zero attached hydrogens (tertiary/aromatic N) is 5. The van der Waals surface area contributed by atoms with Crippen molar-refractivity contribution in [1.29, 1.82) is 0 Å². The van der Waals surface area contributed by atoms with Crippen LogP contribution < -0.4 is 0 Å². The first-order valence-corrected chi connectivity index (χ1v) is 8.60. The fraction of sp³-hybridized carbons (Fsp3) is 0.375. The van der Waals surface area contributed by atoms with Crippen molar-refractivity contribution in [1.82, 2.24) is 19.4 Å². The van der Waals surface area contributed by atoms with Gasteiger partial charge in [-0.15, -0.1) is 0 Å². The largest absolute Gasteiger partial charge is 0.379 e. The number of aliphatic hydroxyl groups excluding tert-OH is 1. The lowest BCUT2D eigenvalue weighted by atomic mass is 10.3. The molecule has 120 valence electrons. The predicted molar refractivity (Wildman–Crippen MR) is 90.1 cm³/mol. The monoisotopic (exact) mass is 329 g/mol. The Balaban J connectivity index is 1.69. The molecule has 3 heterocycles. The lowest BCUT2D eigenvalue weighted by Gasteiger charge is -2.37. The molecule has 1 N–H and O–H groups in total. The minimum atomic E-state index is -0.395. The molecule has 0 saturated carbocycles. The first kappa shape index (κ1) is 14.7. The third kappa shape index (κ3) is 2.75. The highest BCUT2D eigenvalue weighted by Crippen LogP contribution is 2.37. The van der Waals surface area contributed by atoms with Crippen LogP contribution in [0.1, 0.15) is 6.92 Å². The smallest absolute Gasteiger partial charge is 0.212 e. The van der Waals surface area contributed by atoms with E-state index in [1.54, 1.807) is 11.8 Å². The molecule has 1 atom stereocenters. The lowest BCUT2D eigenvalue weighted by Crippen LogP contribution is -2.52. The van der Waals surface area contributed by atoms with Crippen LogP contribution in [0.2, 0.25) is 0 Å². The van der Waals surface area contributed by atoms with Crippen LogP contribution in [-0.2, 0) is 0 Å². The molecule has 7 heteroatoms. The van der Waals surface area contributed by atoms with Gasteiger partial charge in [-0.25, -0.2) is 9.98 Å². The molecule has 0 amide bonds. The Bertz CT molecular complexity index is 734. The molecule has 0 spiro atoms. The normalized spacial score (nSPS) is 19.6. The number of imidazole rings is 1. The third-order valence-corrected chi connectivity index (χ3v) is 5.28. The van der Waals surface area contributed by atoms with Crippen molar-refractivity contribution in [2.24, 2.45) is 4.99 Å². The second-order valence-electron chi connectivity index (χ2n) is 5.72. The molecule has 0 bridgehead atoms. The minimum Gasteiger partial charge on any atom is -0.379 e. The molecule has 0 aliphatic carbocycles. The van der Waals surface area contributed by atoms with Gasteiger partial charge in [0, 0.05) is 43.5 Å². The van der Waals surface area contributed by atoms with Gasteiger partial charge in [-0.3, -0.25) is 9.47 Å². The third-order valence-electron chi connectivity index (χ3n) is 4.23. The second kappa shape index (κ2) is 5.99. The number of hydrogen-bond acceptors (Lipinski definition) is 6. The summed E-state index contributed by atoms with van der Waals surface area (Å²) in [6.45, 7) is 5.16. The zero-order chi connectivity index (χ0) is 15.8. The molecule has 0 radical (unpaired) electrons. The highest BCUT2D eigenvalue weighted by molar-refractivity contribution is 7.99. The molecule has 23 heavy (non-hydrogen) atoms. The van der Waals surface area contributed by atoms with E-state index in [0.717, 1.165) is 47.9 Å². The molecule has 1 fully saturated rings. The van der Waals surface area contributed by atoms with Gasteiger partial charge in [-0.1, -0.05) is 12.1 Å². The zero-order valence-corrected chi connectivity index (χ0v) is 13.8. The molecule has 2 aliphatic heterocycles. The number of hydrogen-bond donors (Lipinski definition) is 1. The van der Waals surface area contributed by atoms with Crippen LogP contribution in [0.3, 0.4) is 0 Å². The van der Waals surface area contributed by atoms with E-state index in [1.165, 1.54) is 0 Å². The van der Waals surface area contributed by atoms with E-state index >= 15 is 0 Å². The van der Waals surface area contributed by atoms with Gasteiger partial charge >= 0.3 is 0 Å². The van der Waals surface area contributed by atoms with Gasteiger partial charge < -0.3 is 10.0 Å². The maximum absolute atomic E-state index is 9.73. The zero-order valence-electron chi connectivity index (χ0n) is 13.0. The van der Waals surface area contributed by atoms with Crippen molar-refractivity contribution in [3.63, 3.8) is 0 Å². The standard InChI is InChI=1S/C16H19N5OS/c1-12(22)19-8-10-20(11-9-19)15-18-13-4-2-3-5-14(13)23-16-17-6-7-21(15)16/h2-7,12,22H,8-11H2,1H3. The van der Waals surface area contributed by atoms with Crippen molar-refractivity contribution in [2.45, 2.75) is 23.2 Å². The molecule has 1 unspecified atom stereocenters. The van der Waals surface area contributed by atoms with Gasteiger partial charge in [0.05, 0.1) is 5.69 Å². The van der Waals surface area contributed by atoms with E-state index in [2.05, 4.69) is 25.4 Å². The van der Waals surface area contributed by atoms with E-state index in [-0.39, 0.29) is 0 Å². The number of fused-ring (bicyclic) bond motifs is 2. The van der Waals surface area contributed by atoms with Gasteiger partial charge in [0.2, 0.25) is 5.96 Å². The van der Waals surface area contributed by atoms with Crippen LogP contribution in [0.4, 0.5) is 5.69 Å². The van der Waals surface area contributed by atoms with Gasteiger partial charge in [-0.05, 0) is 30.8 Å². The van der Waals surface area contributed by atoms with E-state index < -0.39 is 6.23 Å². The van der Waals surface area contributed by atoms with Crippen LogP contribution >= 0.6 is 11.8 Å². The fourth-order valence-corrected chi connectivity index (χ4v) is 3.85. The van der Waals surface area contributed by atoms with Gasteiger partial charge in [0.25, 0.3) is 0 Å². The Morgan fingerprint density at radius 3 is 2.74 bits per heavy atom. The Morgan fingerprint density at radius 1 is 1.17 bits per heavy atom. The maximum atomic E-state index is 9.73. The molecule has 2 aromatic rings. The van der Waals surface area contributed by atoms with Crippen molar-refractivity contribution < 1.29 is 5.11 Å². The SMILES string of the molecule is CC(O)N1CCN(C2=Nc3ccccc3Sc3nccn32)CC1. The summed E-state index contributed by atoms with van der Waals surface area (Å²) in [5.41, 5.74) is 0.982. The molecular formula is C16H19N5OS. The van der Waals surface area contributed by atoms with Crippen LogP contribution in [-0.4, -0.2) is 62.8 Å². The number of aromatic nitrogens is 2. The quantitative estimate of drug-likeness (QED) is 0.865. The molecule has 1 saturated heterocycles. The number of aliphatic imine (C=N–C) groups is 1. The molecule has 1 aromatic carbocycles. The number of para-hydroxylation sites is 1. The lowest BCUT2D eigenvalue weighted by molar-refractivity contribution is -0.00242. The predicted octanol–water partition coefficient (Wildman–Crippen LogP) is 1.84. The Hall–Kier alpha value is -1.83. The minimum absolute atomic E-state index is 0.395. The number of aliphatic hydroxyl groups is 1. The molecule has 1 aromatic heterocycles. The van der Waals surface area contributed by atoms with Gasteiger partial charge in [-0.2, -0.15) is 0 Å². The van der Waals surface area contributed by atoms with E-state index in [4.69, 9.17) is 4.99 Å². The Kier molecular flexibility index (Phi) is 3.84. The number of rotatable bonds is 1. The number of benzene rings is 1. The summed E-state index contributed by atoms with van der Waals surface area (Å²) in [5, 5.41) is 10.7. The first-order chi connectivity index (χ1) is 11.2. The highest BCUT2D eigenvalue weighted by atomic mass is 32.2. The van der Waals surface area contributed by atoms with Crippen molar-refractivity contribution in [2.75, 3.05) is 26.2 Å². The van der Waals surface area contributed by atoms with Crippen molar-refractivity contribution in [3.8, 4) is 0 Å². The van der Waals surface area contributed by atoms with Crippen LogP contribution in [0.15, 0.2) is 51.7 Å². The average Bonchev–Trinajstić information content (AvgIpc) is 2.96. The Morgan fingerprint density at radius 2 is 1.96 bits per heavy atom. The van der Waals surface area contributed by atoms with Gasteiger partial charge in [0.1, 0.15) is 6.23 Å². The van der Waals surface area contributed by atoms with E-state index in [0.29, 0.717) is 0 Å². The summed E-state index contributed by atoms with van der Waals surface area (Å²) >= 11 is 1.64. The Labute approximate surface area is 139 Å². The van der Waals surface area contributed by atoms with E-state index in [9.17, 15) is 5.11 Å². The van der Waals surface area contributed by atoms with E-state index in [1.807, 2.05) is 37.5 Å². The van der Waals surface area contributed by atoms with Gasteiger partial charge in [0.15, 0.2) is 5.16 Å². The summed E-state index contributed by atoms with van der Waals surface area (Å²) in [6.07, 6.45) is 3.39. The van der Waals surface area contributed by atoms with Crippen LogP contribution in [0.25, 0.3) is 0 Å². The number of piperazine rings is 1. The highest BCUT2D eigenvalue weighted by Gasteiger charge is 2.26. The van der Waals surface area contributed by atoms with Crippen molar-refractivity contribution in [3.05, 3.63) is 36.7 Å². The van der Waals surface area contributed by atoms with Crippen LogP contribution in [0, 0.1) is 0 Å². The summed E-state index contributed by atoms with van der Waals surface area (Å²) in [5.74, 6) is 0.917. The molecule has 2 aliphatic rings.